The maximum absolute atomic E-state index is 2.59. The Bertz CT molecular complexity index is 910. The first-order valence-corrected chi connectivity index (χ1v) is 14.9. The molecule has 114 valence electrons. The Balaban J connectivity index is 2.11. The predicted octanol–water partition coefficient (Wildman–Crippen LogP) is 2.97. The van der Waals surface area contributed by atoms with Crippen LogP contribution in [0.4, 0.5) is 0 Å². The van der Waals surface area contributed by atoms with Gasteiger partial charge in [-0.1, -0.05) is 48.7 Å². The Morgan fingerprint density at radius 2 is 2.05 bits per heavy atom. The van der Waals surface area contributed by atoms with E-state index < -0.39 is 16.9 Å². The van der Waals surface area contributed by atoms with Crippen LogP contribution in [-0.4, -0.2) is 16.9 Å². The van der Waals surface area contributed by atoms with E-state index in [0.717, 1.165) is 6.42 Å². The molecule has 1 aliphatic heterocycles. The van der Waals surface area contributed by atoms with Crippen LogP contribution in [0.3, 0.4) is 0 Å². The van der Waals surface area contributed by atoms with E-state index in [-0.39, 0.29) is 0 Å². The molecule has 0 spiro atoms. The topological polar surface area (TPSA) is 3.88 Å². The van der Waals surface area contributed by atoms with Crippen molar-refractivity contribution in [2.24, 2.45) is 7.05 Å². The highest BCUT2D eigenvalue weighted by Gasteiger charge is 2.37. The zero-order chi connectivity index (χ0) is 15.6. The number of aromatic nitrogens is 1. The smallest absolute Gasteiger partial charge is 0.198 e. The molecule has 0 amide bonds. The van der Waals surface area contributed by atoms with Gasteiger partial charge in [0.25, 0.3) is 0 Å². The predicted molar refractivity (Wildman–Crippen MR) is 104 cm³/mol. The van der Waals surface area contributed by atoms with E-state index in [1.54, 1.807) is 16.0 Å². The van der Waals surface area contributed by atoms with Crippen LogP contribution in [0.25, 0.3) is 20.2 Å². The molecule has 0 aliphatic carbocycles. The molecule has 0 radical (unpaired) electrons. The monoisotopic (exact) mass is 342 g/mol. The SMILES string of the molecule is CCc1c2sc3cc4c(cc3c2cc[n+]1C)[Si](C)(C)C[SiH]4C. The minimum atomic E-state index is -1.17. The standard InChI is InChI=1S/C18H24NSSi2/c1-6-14-18-12(7-8-19(14)2)13-9-17-16(10-15(13)20-18)21(3)11-22(17,4)5/h7-10,21H,6,11H2,1-5H3/q+1. The Morgan fingerprint density at radius 3 is 2.77 bits per heavy atom. The van der Waals surface area contributed by atoms with Gasteiger partial charge in [-0.05, 0) is 6.07 Å². The van der Waals surface area contributed by atoms with Gasteiger partial charge in [0, 0.05) is 28.0 Å². The molecule has 1 unspecified atom stereocenters. The number of nitrogens with zero attached hydrogens (tertiary/aromatic N) is 1. The van der Waals surface area contributed by atoms with Gasteiger partial charge in [0.15, 0.2) is 11.9 Å². The second-order valence-electron chi connectivity index (χ2n) is 7.50. The fourth-order valence-corrected chi connectivity index (χ4v) is 18.1. The zero-order valence-corrected chi connectivity index (χ0v) is 17.1. The summed E-state index contributed by atoms with van der Waals surface area (Å²) in [4.78, 5) is 0. The van der Waals surface area contributed by atoms with Gasteiger partial charge in [-0.25, -0.2) is 4.57 Å². The van der Waals surface area contributed by atoms with E-state index in [1.807, 2.05) is 11.3 Å². The summed E-state index contributed by atoms with van der Waals surface area (Å²) in [5.74, 6) is 0. The van der Waals surface area contributed by atoms with Crippen LogP contribution in [0.5, 0.6) is 0 Å². The zero-order valence-electron chi connectivity index (χ0n) is 14.2. The van der Waals surface area contributed by atoms with Crippen LogP contribution in [0.1, 0.15) is 12.6 Å². The first-order valence-electron chi connectivity index (χ1n) is 8.30. The Hall–Kier alpha value is -0.976. The van der Waals surface area contributed by atoms with Gasteiger partial charge in [0.1, 0.15) is 11.7 Å². The molecule has 0 saturated carbocycles. The van der Waals surface area contributed by atoms with Gasteiger partial charge < -0.3 is 0 Å². The Kier molecular flexibility index (Phi) is 3.16. The van der Waals surface area contributed by atoms with Crippen molar-refractivity contribution in [3.8, 4) is 0 Å². The van der Waals surface area contributed by atoms with Crippen LogP contribution in [0.2, 0.25) is 25.3 Å². The van der Waals surface area contributed by atoms with Crippen molar-refractivity contribution < 1.29 is 4.57 Å². The normalized spacial score (nSPS) is 20.0. The quantitative estimate of drug-likeness (QED) is 0.473. The van der Waals surface area contributed by atoms with E-state index in [9.17, 15) is 0 Å². The number of hydrogen-bond acceptors (Lipinski definition) is 1. The molecule has 3 heterocycles. The molecule has 1 aliphatic rings. The van der Waals surface area contributed by atoms with Crippen molar-refractivity contribution in [1.29, 1.82) is 0 Å². The molecule has 22 heavy (non-hydrogen) atoms. The maximum Gasteiger partial charge on any atom is 0.198 e. The van der Waals surface area contributed by atoms with Crippen molar-refractivity contribution in [2.75, 3.05) is 0 Å². The number of fused-ring (bicyclic) bond motifs is 4. The third kappa shape index (κ3) is 1.90. The van der Waals surface area contributed by atoms with E-state index >= 15 is 0 Å². The lowest BCUT2D eigenvalue weighted by Crippen LogP contribution is -2.41. The molecule has 1 atom stereocenters. The van der Waals surface area contributed by atoms with Gasteiger partial charge in [0.2, 0.25) is 0 Å². The Labute approximate surface area is 139 Å². The molecule has 3 aromatic rings. The molecule has 4 rings (SSSR count). The number of pyridine rings is 1. The van der Waals surface area contributed by atoms with Crippen LogP contribution in [0, 0.1) is 0 Å². The van der Waals surface area contributed by atoms with Gasteiger partial charge in [0.05, 0.1) is 16.9 Å². The molecule has 0 N–H and O–H groups in total. The second-order valence-corrected chi connectivity index (χ2v) is 16.9. The fraction of sp³-hybridized carbons (Fsp3) is 0.389. The second kappa shape index (κ2) is 4.76. The van der Waals surface area contributed by atoms with Crippen molar-refractivity contribution >= 4 is 58.8 Å². The molecule has 1 nitrogen and oxygen atoms in total. The van der Waals surface area contributed by atoms with E-state index in [4.69, 9.17) is 0 Å². The number of hydrogen-bond donors (Lipinski definition) is 0. The summed E-state index contributed by atoms with van der Waals surface area (Å²) >= 11 is 2.01. The lowest BCUT2D eigenvalue weighted by atomic mass is 10.1. The number of benzene rings is 1. The molecule has 0 saturated heterocycles. The summed E-state index contributed by atoms with van der Waals surface area (Å²) in [5.41, 5.74) is 3.02. The number of rotatable bonds is 1. The highest BCUT2D eigenvalue weighted by atomic mass is 32.1. The maximum atomic E-state index is 2.59. The first-order chi connectivity index (χ1) is 10.4. The van der Waals surface area contributed by atoms with Gasteiger partial charge in [-0.2, -0.15) is 0 Å². The average Bonchev–Trinajstić information content (AvgIpc) is 2.92. The van der Waals surface area contributed by atoms with Gasteiger partial charge >= 0.3 is 0 Å². The van der Waals surface area contributed by atoms with E-state index in [1.165, 1.54) is 25.9 Å². The molecule has 1 aromatic carbocycles. The lowest BCUT2D eigenvalue weighted by molar-refractivity contribution is -0.677. The fourth-order valence-electron chi connectivity index (χ4n) is 4.38. The summed E-state index contributed by atoms with van der Waals surface area (Å²) < 4.78 is 5.31. The average molecular weight is 343 g/mol. The summed E-state index contributed by atoms with van der Waals surface area (Å²) in [6.07, 6.45) is 3.34. The third-order valence-corrected chi connectivity index (χ3v) is 16.9. The minimum absolute atomic E-state index is 0.690. The lowest BCUT2D eigenvalue weighted by Gasteiger charge is -2.16. The largest absolute Gasteiger partial charge is 0.204 e. The first kappa shape index (κ1) is 14.6. The molecule has 0 bridgehead atoms. The van der Waals surface area contributed by atoms with Crippen molar-refractivity contribution in [2.45, 2.75) is 38.7 Å². The van der Waals surface area contributed by atoms with Crippen LogP contribution in [-0.2, 0) is 13.5 Å². The van der Waals surface area contributed by atoms with E-state index in [2.05, 4.69) is 62.6 Å². The Morgan fingerprint density at radius 1 is 1.27 bits per heavy atom. The van der Waals surface area contributed by atoms with Crippen LogP contribution in [0.15, 0.2) is 24.4 Å². The van der Waals surface area contributed by atoms with Crippen LogP contribution < -0.4 is 14.9 Å². The molecule has 2 aromatic heterocycles. The summed E-state index contributed by atoms with van der Waals surface area (Å²) in [6.45, 7) is 9.96. The highest BCUT2D eigenvalue weighted by Crippen LogP contribution is 2.35. The summed E-state index contributed by atoms with van der Waals surface area (Å²) in [5, 5.41) is 6.53. The van der Waals surface area contributed by atoms with Crippen molar-refractivity contribution in [3.05, 3.63) is 30.1 Å². The van der Waals surface area contributed by atoms with E-state index in [0.29, 0.717) is 0 Å². The third-order valence-electron chi connectivity index (χ3n) is 5.46. The molecule has 0 fully saturated rings. The van der Waals surface area contributed by atoms with Gasteiger partial charge in [-0.15, -0.1) is 11.3 Å². The minimum Gasteiger partial charge on any atom is -0.204 e. The molecule has 4 heteroatoms. The van der Waals surface area contributed by atoms with Crippen molar-refractivity contribution in [3.63, 3.8) is 0 Å². The van der Waals surface area contributed by atoms with Crippen molar-refractivity contribution in [1.82, 2.24) is 0 Å². The van der Waals surface area contributed by atoms with Gasteiger partial charge in [-0.3, -0.25) is 0 Å². The highest BCUT2D eigenvalue weighted by molar-refractivity contribution is 7.26. The summed E-state index contributed by atoms with van der Waals surface area (Å²) in [6, 6.07) is 7.49. The summed E-state index contributed by atoms with van der Waals surface area (Å²) in [7, 11) is 0.310. The number of aryl methyl sites for hydroxylation is 2. The van der Waals surface area contributed by atoms with Crippen LogP contribution >= 0.6 is 11.3 Å². The molecular weight excluding hydrogens is 318 g/mol. The molecular formula is C18H24NSSi2+. The number of thiophene rings is 1.